The third kappa shape index (κ3) is 4.42. The molecule has 0 aliphatic heterocycles. The van der Waals surface area contributed by atoms with Crippen LogP contribution in [0.2, 0.25) is 0 Å². The molecule has 1 aliphatic carbocycles. The summed E-state index contributed by atoms with van der Waals surface area (Å²) in [4.78, 5) is 26.3. The summed E-state index contributed by atoms with van der Waals surface area (Å²) < 4.78 is 0. The van der Waals surface area contributed by atoms with Gasteiger partial charge in [0.25, 0.3) is 11.8 Å². The maximum Gasteiger partial charge on any atom is 0.256 e. The summed E-state index contributed by atoms with van der Waals surface area (Å²) in [6.07, 6.45) is 2.78. The van der Waals surface area contributed by atoms with E-state index in [1.54, 1.807) is 0 Å². The van der Waals surface area contributed by atoms with E-state index in [0.717, 1.165) is 36.0 Å². The third-order valence-electron chi connectivity index (χ3n) is 6.22. The highest BCUT2D eigenvalue weighted by Crippen LogP contribution is 2.44. The average molecular weight is 433 g/mol. The number of hydrogen-bond acceptors (Lipinski definition) is 3. The molecule has 2 amide bonds. The zero-order valence-electron chi connectivity index (χ0n) is 18.2. The van der Waals surface area contributed by atoms with Gasteiger partial charge in [0.2, 0.25) is 0 Å². The Morgan fingerprint density at radius 2 is 1.65 bits per heavy atom. The number of thiophene rings is 1. The molecule has 31 heavy (non-hydrogen) atoms. The molecule has 2 aromatic carbocycles. The topological polar surface area (TPSA) is 72.2 Å². The van der Waals surface area contributed by atoms with Crippen LogP contribution in [-0.2, 0) is 12.8 Å². The molecule has 3 aromatic rings. The highest BCUT2D eigenvalue weighted by Gasteiger charge is 2.33. The molecule has 0 fully saturated rings. The van der Waals surface area contributed by atoms with E-state index in [1.807, 2.05) is 54.6 Å². The fourth-order valence-corrected chi connectivity index (χ4v) is 5.62. The van der Waals surface area contributed by atoms with Crippen LogP contribution in [0.15, 0.2) is 54.6 Å². The Morgan fingerprint density at radius 3 is 2.26 bits per heavy atom. The van der Waals surface area contributed by atoms with E-state index in [9.17, 15) is 9.59 Å². The van der Waals surface area contributed by atoms with Gasteiger partial charge in [0.15, 0.2) is 0 Å². The molecule has 4 nitrogen and oxygen atoms in total. The molecule has 3 N–H and O–H groups in total. The number of amides is 2. The van der Waals surface area contributed by atoms with Crippen LogP contribution in [0, 0.1) is 11.3 Å². The van der Waals surface area contributed by atoms with Crippen LogP contribution in [0.5, 0.6) is 0 Å². The fourth-order valence-electron chi connectivity index (χ4n) is 4.29. The van der Waals surface area contributed by atoms with Crippen molar-refractivity contribution >= 4 is 28.2 Å². The lowest BCUT2D eigenvalue weighted by Crippen LogP contribution is -2.27. The van der Waals surface area contributed by atoms with Crippen molar-refractivity contribution in [1.29, 1.82) is 0 Å². The number of rotatable bonds is 4. The lowest BCUT2D eigenvalue weighted by Gasteiger charge is -2.33. The molecule has 1 aromatic heterocycles. The van der Waals surface area contributed by atoms with Crippen molar-refractivity contribution in [2.75, 3.05) is 5.32 Å². The van der Waals surface area contributed by atoms with Gasteiger partial charge in [-0.3, -0.25) is 9.59 Å². The first-order valence-electron chi connectivity index (χ1n) is 10.6. The van der Waals surface area contributed by atoms with Gasteiger partial charge < -0.3 is 11.1 Å². The van der Waals surface area contributed by atoms with E-state index >= 15 is 0 Å². The Bertz CT molecular complexity index is 1110. The normalized spacial score (nSPS) is 15.9. The predicted molar refractivity (Wildman–Crippen MR) is 128 cm³/mol. The molecule has 4 rings (SSSR count). The molecule has 0 spiro atoms. The monoisotopic (exact) mass is 432 g/mol. The summed E-state index contributed by atoms with van der Waals surface area (Å²) in [6, 6.07) is 17.5. The first-order chi connectivity index (χ1) is 14.7. The van der Waals surface area contributed by atoms with Crippen LogP contribution in [0.4, 0.5) is 5.00 Å². The van der Waals surface area contributed by atoms with Crippen LogP contribution in [0.25, 0.3) is 11.1 Å². The van der Waals surface area contributed by atoms with Gasteiger partial charge in [0, 0.05) is 10.4 Å². The molecule has 1 heterocycles. The van der Waals surface area contributed by atoms with Crippen molar-refractivity contribution in [1.82, 2.24) is 0 Å². The lowest BCUT2D eigenvalue weighted by atomic mass is 9.72. The third-order valence-corrected chi connectivity index (χ3v) is 7.39. The minimum atomic E-state index is -0.471. The van der Waals surface area contributed by atoms with Crippen molar-refractivity contribution in [2.24, 2.45) is 17.1 Å². The van der Waals surface area contributed by atoms with E-state index in [1.165, 1.54) is 16.2 Å². The number of primary amides is 1. The molecule has 1 atom stereocenters. The van der Waals surface area contributed by atoms with Crippen molar-refractivity contribution in [3.8, 4) is 11.1 Å². The Labute approximate surface area is 187 Å². The lowest BCUT2D eigenvalue weighted by molar-refractivity contribution is 0.1000. The van der Waals surface area contributed by atoms with E-state index < -0.39 is 5.91 Å². The minimum Gasteiger partial charge on any atom is -0.365 e. The molecule has 0 radical (unpaired) electrons. The van der Waals surface area contributed by atoms with Gasteiger partial charge in [0.05, 0.1) is 5.56 Å². The number of hydrogen-bond donors (Lipinski definition) is 2. The predicted octanol–water partition coefficient (Wildman–Crippen LogP) is 5.92. The summed E-state index contributed by atoms with van der Waals surface area (Å²) in [5, 5.41) is 3.53. The van der Waals surface area contributed by atoms with Gasteiger partial charge in [-0.15, -0.1) is 11.3 Å². The van der Waals surface area contributed by atoms with Crippen LogP contribution >= 0.6 is 11.3 Å². The van der Waals surface area contributed by atoms with E-state index in [-0.39, 0.29) is 11.3 Å². The fraction of sp³-hybridized carbons (Fsp3) is 0.308. The number of carbonyl (C=O) groups excluding carboxylic acids is 2. The van der Waals surface area contributed by atoms with Crippen LogP contribution in [0.1, 0.15) is 58.3 Å². The number of fused-ring (bicyclic) bond motifs is 1. The molecule has 0 bridgehead atoms. The Balaban J connectivity index is 1.57. The van der Waals surface area contributed by atoms with Gasteiger partial charge >= 0.3 is 0 Å². The second kappa shape index (κ2) is 8.31. The molecular formula is C26H28N2O2S. The van der Waals surface area contributed by atoms with Crippen LogP contribution in [-0.4, -0.2) is 11.8 Å². The first kappa shape index (κ1) is 21.3. The van der Waals surface area contributed by atoms with Crippen molar-refractivity contribution in [3.63, 3.8) is 0 Å². The number of benzene rings is 2. The molecule has 160 valence electrons. The largest absolute Gasteiger partial charge is 0.365 e. The Kier molecular flexibility index (Phi) is 5.71. The first-order valence-corrected chi connectivity index (χ1v) is 11.5. The SMILES string of the molecule is CC(C)(C)[C@H]1CCc2c(sc(NC(=O)c3ccc(-c4ccccc4)cc3)c2C(N)=O)C1. The molecule has 5 heteroatoms. The van der Waals surface area contributed by atoms with Gasteiger partial charge in [-0.1, -0.05) is 63.2 Å². The van der Waals surface area contributed by atoms with E-state index in [4.69, 9.17) is 5.73 Å². The van der Waals surface area contributed by atoms with Gasteiger partial charge in [0.1, 0.15) is 5.00 Å². The maximum atomic E-state index is 12.9. The number of carbonyl (C=O) groups is 2. The van der Waals surface area contributed by atoms with Crippen molar-refractivity contribution in [3.05, 3.63) is 76.2 Å². The molecule has 1 aliphatic rings. The zero-order valence-corrected chi connectivity index (χ0v) is 19.0. The zero-order chi connectivity index (χ0) is 22.2. The van der Waals surface area contributed by atoms with Crippen molar-refractivity contribution in [2.45, 2.75) is 40.0 Å². The van der Waals surface area contributed by atoms with Crippen LogP contribution < -0.4 is 11.1 Å². The summed E-state index contributed by atoms with van der Waals surface area (Å²) in [5.41, 5.74) is 10.1. The quantitative estimate of drug-likeness (QED) is 0.537. The van der Waals surface area contributed by atoms with Crippen LogP contribution in [0.3, 0.4) is 0 Å². The smallest absolute Gasteiger partial charge is 0.256 e. The summed E-state index contributed by atoms with van der Waals surface area (Å²) in [6.45, 7) is 6.77. The maximum absolute atomic E-state index is 12.9. The van der Waals surface area contributed by atoms with Gasteiger partial charge in [-0.05, 0) is 59.4 Å². The highest BCUT2D eigenvalue weighted by molar-refractivity contribution is 7.17. The average Bonchev–Trinajstić information content (AvgIpc) is 3.11. The van der Waals surface area contributed by atoms with E-state index in [0.29, 0.717) is 22.0 Å². The molecule has 0 unspecified atom stereocenters. The molecule has 0 saturated heterocycles. The standard InChI is InChI=1S/C26H28N2O2S/c1-26(2,3)19-13-14-20-21(15-19)31-25(22(20)23(27)29)28-24(30)18-11-9-17(10-12-18)16-7-5-4-6-8-16/h4-12,19H,13-15H2,1-3H3,(H2,27,29)(H,28,30)/t19-/m0/s1. The number of nitrogens with two attached hydrogens (primary N) is 1. The van der Waals surface area contributed by atoms with E-state index in [2.05, 4.69) is 26.1 Å². The molecular weight excluding hydrogens is 404 g/mol. The van der Waals surface area contributed by atoms with Crippen molar-refractivity contribution < 1.29 is 9.59 Å². The summed E-state index contributed by atoms with van der Waals surface area (Å²) >= 11 is 1.50. The highest BCUT2D eigenvalue weighted by atomic mass is 32.1. The summed E-state index contributed by atoms with van der Waals surface area (Å²) in [5.74, 6) is -0.150. The molecule has 0 saturated carbocycles. The van der Waals surface area contributed by atoms with Gasteiger partial charge in [-0.2, -0.15) is 0 Å². The number of anilines is 1. The van der Waals surface area contributed by atoms with Gasteiger partial charge in [-0.25, -0.2) is 0 Å². The Morgan fingerprint density at radius 1 is 1.00 bits per heavy atom. The second-order valence-electron chi connectivity index (χ2n) is 9.28. The Hall–Kier alpha value is -2.92. The summed E-state index contributed by atoms with van der Waals surface area (Å²) in [7, 11) is 0. The second-order valence-corrected chi connectivity index (χ2v) is 10.4. The minimum absolute atomic E-state index is 0.207. The number of nitrogens with one attached hydrogen (secondary N) is 1.